The van der Waals surface area contributed by atoms with Gasteiger partial charge in [0.05, 0.1) is 4.90 Å². The normalized spacial score (nSPS) is 11.2. The standard InChI is InChI=1S/C17H16N4O2S/c18-10-13-6-8-14(9-7-13)16-11-19-12-20-17(16)21-24(22,23)15-4-2-1-3-5-15/h1-9,11-12H,10,18H2,(H,19,20,21). The second kappa shape index (κ2) is 6.77. The summed E-state index contributed by atoms with van der Waals surface area (Å²) in [7, 11) is -3.72. The molecule has 0 fully saturated rings. The number of benzene rings is 2. The fourth-order valence-corrected chi connectivity index (χ4v) is 3.28. The molecule has 0 amide bonds. The molecule has 1 heterocycles. The van der Waals surface area contributed by atoms with E-state index in [4.69, 9.17) is 5.73 Å². The van der Waals surface area contributed by atoms with Crippen LogP contribution in [0.2, 0.25) is 0 Å². The van der Waals surface area contributed by atoms with Gasteiger partial charge in [0, 0.05) is 18.3 Å². The lowest BCUT2D eigenvalue weighted by Crippen LogP contribution is -2.14. The molecule has 0 bridgehead atoms. The van der Waals surface area contributed by atoms with Crippen LogP contribution in [0.15, 0.2) is 72.0 Å². The lowest BCUT2D eigenvalue weighted by atomic mass is 10.1. The molecule has 3 aromatic rings. The van der Waals surface area contributed by atoms with Gasteiger partial charge in [-0.2, -0.15) is 0 Å². The summed E-state index contributed by atoms with van der Waals surface area (Å²) in [5.41, 5.74) is 7.99. The Bertz CT molecular complexity index is 926. The van der Waals surface area contributed by atoms with Gasteiger partial charge >= 0.3 is 0 Å². The number of anilines is 1. The molecule has 0 unspecified atom stereocenters. The highest BCUT2D eigenvalue weighted by Gasteiger charge is 2.17. The van der Waals surface area contributed by atoms with E-state index in [1.54, 1.807) is 24.4 Å². The summed E-state index contributed by atoms with van der Waals surface area (Å²) < 4.78 is 27.5. The van der Waals surface area contributed by atoms with E-state index in [2.05, 4.69) is 14.7 Å². The van der Waals surface area contributed by atoms with Crippen LogP contribution in [0.1, 0.15) is 5.56 Å². The summed E-state index contributed by atoms with van der Waals surface area (Å²) in [6, 6.07) is 15.6. The number of hydrogen-bond acceptors (Lipinski definition) is 5. The molecule has 2 aromatic carbocycles. The molecule has 1 aromatic heterocycles. The third-order valence-electron chi connectivity index (χ3n) is 3.50. The molecule has 0 aliphatic heterocycles. The predicted molar refractivity (Wildman–Crippen MR) is 92.6 cm³/mol. The highest BCUT2D eigenvalue weighted by molar-refractivity contribution is 7.92. The topological polar surface area (TPSA) is 98.0 Å². The summed E-state index contributed by atoms with van der Waals surface area (Å²) in [5.74, 6) is 0.231. The zero-order chi connectivity index (χ0) is 17.0. The molecule has 3 N–H and O–H groups in total. The molecule has 0 aliphatic carbocycles. The average Bonchev–Trinajstić information content (AvgIpc) is 2.63. The van der Waals surface area contributed by atoms with Crippen molar-refractivity contribution in [1.29, 1.82) is 0 Å². The van der Waals surface area contributed by atoms with Crippen molar-refractivity contribution in [3.8, 4) is 11.1 Å². The van der Waals surface area contributed by atoms with Crippen molar-refractivity contribution < 1.29 is 8.42 Å². The van der Waals surface area contributed by atoms with Crippen molar-refractivity contribution in [2.75, 3.05) is 4.72 Å². The Morgan fingerprint density at radius 1 is 1.00 bits per heavy atom. The van der Waals surface area contributed by atoms with E-state index in [1.807, 2.05) is 24.3 Å². The zero-order valence-corrected chi connectivity index (χ0v) is 13.6. The molecule has 0 radical (unpaired) electrons. The predicted octanol–water partition coefficient (Wildman–Crippen LogP) is 2.40. The fourth-order valence-electron chi connectivity index (χ4n) is 2.23. The van der Waals surface area contributed by atoms with Gasteiger partial charge in [0.15, 0.2) is 5.82 Å². The number of hydrogen-bond donors (Lipinski definition) is 2. The van der Waals surface area contributed by atoms with Gasteiger partial charge in [-0.15, -0.1) is 0 Å². The largest absolute Gasteiger partial charge is 0.326 e. The second-order valence-corrected chi connectivity index (χ2v) is 6.79. The summed E-state index contributed by atoms with van der Waals surface area (Å²) in [6.45, 7) is 0.444. The van der Waals surface area contributed by atoms with Crippen molar-refractivity contribution in [3.63, 3.8) is 0 Å². The van der Waals surface area contributed by atoms with Crippen LogP contribution >= 0.6 is 0 Å². The fraction of sp³-hybridized carbons (Fsp3) is 0.0588. The maximum Gasteiger partial charge on any atom is 0.263 e. The minimum Gasteiger partial charge on any atom is -0.326 e. The van der Waals surface area contributed by atoms with Crippen LogP contribution in [0, 0.1) is 0 Å². The number of nitrogens with zero attached hydrogens (tertiary/aromatic N) is 2. The minimum atomic E-state index is -3.72. The van der Waals surface area contributed by atoms with Gasteiger partial charge in [-0.25, -0.2) is 18.4 Å². The highest BCUT2D eigenvalue weighted by Crippen LogP contribution is 2.27. The third kappa shape index (κ3) is 3.42. The number of nitrogens with one attached hydrogen (secondary N) is 1. The van der Waals surface area contributed by atoms with Crippen LogP contribution in [0.3, 0.4) is 0 Å². The van der Waals surface area contributed by atoms with Crippen LogP contribution in [-0.2, 0) is 16.6 Å². The summed E-state index contributed by atoms with van der Waals surface area (Å²) in [5, 5.41) is 0. The van der Waals surface area contributed by atoms with Gasteiger partial charge in [-0.1, -0.05) is 42.5 Å². The van der Waals surface area contributed by atoms with Gasteiger partial charge in [0.25, 0.3) is 10.0 Å². The molecule has 122 valence electrons. The Balaban J connectivity index is 1.98. The van der Waals surface area contributed by atoms with Crippen molar-refractivity contribution >= 4 is 15.8 Å². The van der Waals surface area contributed by atoms with Crippen LogP contribution < -0.4 is 10.5 Å². The van der Waals surface area contributed by atoms with Gasteiger partial charge in [0.1, 0.15) is 6.33 Å². The summed E-state index contributed by atoms with van der Waals surface area (Å²) >= 11 is 0. The van der Waals surface area contributed by atoms with Crippen molar-refractivity contribution in [2.24, 2.45) is 5.73 Å². The smallest absolute Gasteiger partial charge is 0.263 e. The van der Waals surface area contributed by atoms with E-state index in [0.29, 0.717) is 12.1 Å². The monoisotopic (exact) mass is 340 g/mol. The Morgan fingerprint density at radius 3 is 2.38 bits per heavy atom. The first-order chi connectivity index (χ1) is 11.6. The number of aromatic nitrogens is 2. The molecular weight excluding hydrogens is 324 g/mol. The van der Waals surface area contributed by atoms with Crippen LogP contribution in [0.4, 0.5) is 5.82 Å². The zero-order valence-electron chi connectivity index (χ0n) is 12.8. The van der Waals surface area contributed by atoms with E-state index < -0.39 is 10.0 Å². The van der Waals surface area contributed by atoms with E-state index in [9.17, 15) is 8.42 Å². The van der Waals surface area contributed by atoms with E-state index in [1.165, 1.54) is 18.5 Å². The molecule has 0 spiro atoms. The first-order valence-corrected chi connectivity index (χ1v) is 8.76. The molecule has 0 aliphatic rings. The van der Waals surface area contributed by atoms with E-state index >= 15 is 0 Å². The third-order valence-corrected chi connectivity index (χ3v) is 4.85. The van der Waals surface area contributed by atoms with Crippen LogP contribution in [0.25, 0.3) is 11.1 Å². The molecule has 6 nitrogen and oxygen atoms in total. The quantitative estimate of drug-likeness (QED) is 0.743. The van der Waals surface area contributed by atoms with E-state index in [0.717, 1.165) is 11.1 Å². The molecule has 0 saturated carbocycles. The van der Waals surface area contributed by atoms with Crippen LogP contribution in [-0.4, -0.2) is 18.4 Å². The van der Waals surface area contributed by atoms with Gasteiger partial charge in [0.2, 0.25) is 0 Å². The molecular formula is C17H16N4O2S. The Hall–Kier alpha value is -2.77. The number of sulfonamides is 1. The molecule has 24 heavy (non-hydrogen) atoms. The average molecular weight is 340 g/mol. The van der Waals surface area contributed by atoms with Crippen molar-refractivity contribution in [1.82, 2.24) is 9.97 Å². The summed E-state index contributed by atoms with van der Waals surface area (Å²) in [6.07, 6.45) is 2.88. The maximum atomic E-state index is 12.5. The Morgan fingerprint density at radius 2 is 1.71 bits per heavy atom. The molecule has 7 heteroatoms. The number of nitrogens with two attached hydrogens (primary N) is 1. The second-order valence-electron chi connectivity index (χ2n) is 5.10. The molecule has 0 saturated heterocycles. The lowest BCUT2D eigenvalue weighted by molar-refractivity contribution is 0.601. The first kappa shape index (κ1) is 16.1. The van der Waals surface area contributed by atoms with E-state index in [-0.39, 0.29) is 10.7 Å². The van der Waals surface area contributed by atoms with Gasteiger partial charge in [-0.05, 0) is 23.3 Å². The minimum absolute atomic E-state index is 0.174. The summed E-state index contributed by atoms with van der Waals surface area (Å²) in [4.78, 5) is 8.25. The lowest BCUT2D eigenvalue weighted by Gasteiger charge is -2.11. The SMILES string of the molecule is NCc1ccc(-c2cncnc2NS(=O)(=O)c2ccccc2)cc1. The first-order valence-electron chi connectivity index (χ1n) is 7.27. The Kier molecular flexibility index (Phi) is 4.54. The number of rotatable bonds is 5. The molecule has 3 rings (SSSR count). The van der Waals surface area contributed by atoms with Gasteiger partial charge < -0.3 is 5.73 Å². The van der Waals surface area contributed by atoms with Crippen LogP contribution in [0.5, 0.6) is 0 Å². The maximum absolute atomic E-state index is 12.5. The molecule has 0 atom stereocenters. The van der Waals surface area contributed by atoms with Crippen molar-refractivity contribution in [3.05, 3.63) is 72.7 Å². The highest BCUT2D eigenvalue weighted by atomic mass is 32.2. The van der Waals surface area contributed by atoms with Gasteiger partial charge in [-0.3, -0.25) is 4.72 Å². The Labute approximate surface area is 140 Å². The van der Waals surface area contributed by atoms with Crippen molar-refractivity contribution in [2.45, 2.75) is 11.4 Å².